The Morgan fingerprint density at radius 3 is 1.06 bits per heavy atom. The van der Waals surface area contributed by atoms with E-state index in [1.54, 1.807) is 12.4 Å². The second-order valence-corrected chi connectivity index (χ2v) is 12.2. The maximum atomic E-state index is 5.37. The molecule has 0 amide bonds. The van der Waals surface area contributed by atoms with E-state index in [1.165, 1.54) is 11.1 Å². The molecule has 0 atom stereocenters. The van der Waals surface area contributed by atoms with E-state index in [0.717, 1.165) is 78.1 Å². The van der Waals surface area contributed by atoms with Gasteiger partial charge in [-0.05, 0) is 82.6 Å². The summed E-state index contributed by atoms with van der Waals surface area (Å²) in [5, 5.41) is 0. The van der Waals surface area contributed by atoms with Gasteiger partial charge >= 0.3 is 0 Å². The van der Waals surface area contributed by atoms with Gasteiger partial charge in [-0.2, -0.15) is 0 Å². The van der Waals surface area contributed by atoms with Crippen molar-refractivity contribution in [2.75, 3.05) is 0 Å². The van der Waals surface area contributed by atoms with Gasteiger partial charge in [0.1, 0.15) is 0 Å². The Labute approximate surface area is 280 Å². The van der Waals surface area contributed by atoms with E-state index in [2.05, 4.69) is 145 Å². The number of nitrogens with zero attached hydrogens (tertiary/aromatic N) is 4. The van der Waals surface area contributed by atoms with Crippen LogP contribution in [-0.4, -0.2) is 19.9 Å². The average Bonchev–Trinajstić information content (AvgIpc) is 3.15. The van der Waals surface area contributed by atoms with E-state index in [1.807, 2.05) is 24.5 Å². The van der Waals surface area contributed by atoms with Gasteiger partial charge in [0.2, 0.25) is 0 Å². The average molecular weight is 617 g/mol. The van der Waals surface area contributed by atoms with Crippen molar-refractivity contribution < 1.29 is 0 Å². The Morgan fingerprint density at radius 2 is 0.708 bits per heavy atom. The fourth-order valence-corrected chi connectivity index (χ4v) is 6.16. The Balaban J connectivity index is 1.33. The number of aromatic nitrogens is 4. The summed E-state index contributed by atoms with van der Waals surface area (Å²) in [6, 6.07) is 46.9. The van der Waals surface area contributed by atoms with Crippen molar-refractivity contribution in [1.29, 1.82) is 0 Å². The summed E-state index contributed by atoms with van der Waals surface area (Å²) in [5.41, 5.74) is 16.8. The van der Waals surface area contributed by atoms with Gasteiger partial charge in [0.15, 0.2) is 0 Å². The minimum atomic E-state index is 0.840. The first-order chi connectivity index (χ1) is 23.6. The molecule has 228 valence electrons. The molecule has 8 rings (SSSR count). The van der Waals surface area contributed by atoms with Gasteiger partial charge in [-0.25, -0.2) is 9.97 Å². The third kappa shape index (κ3) is 5.76. The van der Waals surface area contributed by atoms with Gasteiger partial charge in [0, 0.05) is 35.9 Å². The number of benzene rings is 5. The molecular formula is C44H32N4. The van der Waals surface area contributed by atoms with Crippen LogP contribution in [-0.2, 0) is 0 Å². The third-order valence-electron chi connectivity index (χ3n) is 8.84. The lowest BCUT2D eigenvalue weighted by atomic mass is 9.92. The molecule has 0 aliphatic carbocycles. The number of pyridine rings is 2. The molecule has 0 aliphatic heterocycles. The Bertz CT molecular complexity index is 2180. The quantitative estimate of drug-likeness (QED) is 0.186. The van der Waals surface area contributed by atoms with Crippen LogP contribution in [0, 0.1) is 13.8 Å². The summed E-state index contributed by atoms with van der Waals surface area (Å²) in [6.45, 7) is 4.24. The van der Waals surface area contributed by atoms with Crippen LogP contribution in [0.4, 0.5) is 0 Å². The number of rotatable bonds is 6. The summed E-state index contributed by atoms with van der Waals surface area (Å²) in [5.74, 6) is 0. The molecule has 0 unspecified atom stereocenters. The highest BCUT2D eigenvalue weighted by molar-refractivity contribution is 5.96. The van der Waals surface area contributed by atoms with Crippen LogP contribution in [0.3, 0.4) is 0 Å². The Hall–Kier alpha value is -6.26. The molecule has 0 saturated carbocycles. The fourth-order valence-electron chi connectivity index (χ4n) is 6.16. The van der Waals surface area contributed by atoms with Crippen molar-refractivity contribution in [3.05, 3.63) is 169 Å². The standard InChI is InChI=1S/C44H32N4/c1-29-7-11-33(12-8-29)39-25-41-42(26-40(39)34-13-9-30(2)10-14-34)48-44(36-21-17-32(18-22-36)38-6-4-24-46-28-38)43(47-41)35-19-15-31(16-20-35)37-5-3-23-45-27-37/h3-28H,1-2H3. The van der Waals surface area contributed by atoms with Crippen molar-refractivity contribution in [3.63, 3.8) is 0 Å². The minimum Gasteiger partial charge on any atom is -0.264 e. The summed E-state index contributed by atoms with van der Waals surface area (Å²) in [4.78, 5) is 19.4. The third-order valence-corrected chi connectivity index (χ3v) is 8.84. The van der Waals surface area contributed by atoms with Gasteiger partial charge in [-0.1, -0.05) is 120 Å². The first-order valence-corrected chi connectivity index (χ1v) is 16.1. The number of aryl methyl sites for hydroxylation is 2. The monoisotopic (exact) mass is 616 g/mol. The fraction of sp³-hybridized carbons (Fsp3) is 0.0455. The largest absolute Gasteiger partial charge is 0.264 e. The molecular weight excluding hydrogens is 585 g/mol. The van der Waals surface area contributed by atoms with Crippen LogP contribution in [0.15, 0.2) is 158 Å². The van der Waals surface area contributed by atoms with Crippen LogP contribution in [0.2, 0.25) is 0 Å². The van der Waals surface area contributed by atoms with Crippen molar-refractivity contribution in [1.82, 2.24) is 19.9 Å². The maximum Gasteiger partial charge on any atom is 0.0973 e. The lowest BCUT2D eigenvalue weighted by Crippen LogP contribution is -1.97. The summed E-state index contributed by atoms with van der Waals surface area (Å²) in [7, 11) is 0. The molecule has 0 aliphatic rings. The number of hydrogen-bond donors (Lipinski definition) is 0. The van der Waals surface area contributed by atoms with Crippen molar-refractivity contribution in [2.24, 2.45) is 0 Å². The van der Waals surface area contributed by atoms with E-state index in [4.69, 9.17) is 9.97 Å². The summed E-state index contributed by atoms with van der Waals surface area (Å²) in [6.07, 6.45) is 7.36. The first kappa shape index (κ1) is 29.2. The zero-order valence-electron chi connectivity index (χ0n) is 26.8. The van der Waals surface area contributed by atoms with Crippen LogP contribution in [0.1, 0.15) is 11.1 Å². The molecule has 3 aromatic heterocycles. The topological polar surface area (TPSA) is 51.6 Å². The minimum absolute atomic E-state index is 0.840. The number of hydrogen-bond acceptors (Lipinski definition) is 4. The smallest absolute Gasteiger partial charge is 0.0973 e. The highest BCUT2D eigenvalue weighted by Crippen LogP contribution is 2.38. The highest BCUT2D eigenvalue weighted by Gasteiger charge is 2.17. The van der Waals surface area contributed by atoms with Crippen molar-refractivity contribution in [2.45, 2.75) is 13.8 Å². The molecule has 5 aromatic carbocycles. The SMILES string of the molecule is Cc1ccc(-c2cc3nc(-c4ccc(-c5cccnc5)cc4)c(-c4ccc(-c5cccnc5)cc4)nc3cc2-c2ccc(C)cc2)cc1. The Kier molecular flexibility index (Phi) is 7.60. The molecule has 4 heteroatoms. The van der Waals surface area contributed by atoms with Crippen molar-refractivity contribution in [3.8, 4) is 67.0 Å². The van der Waals surface area contributed by atoms with Gasteiger partial charge in [0.25, 0.3) is 0 Å². The second kappa shape index (κ2) is 12.5. The lowest BCUT2D eigenvalue weighted by molar-refractivity contribution is 1.29. The Morgan fingerprint density at radius 1 is 0.354 bits per heavy atom. The summed E-state index contributed by atoms with van der Waals surface area (Å²) >= 11 is 0. The van der Waals surface area contributed by atoms with E-state index in [0.29, 0.717) is 0 Å². The van der Waals surface area contributed by atoms with E-state index in [9.17, 15) is 0 Å². The second-order valence-electron chi connectivity index (χ2n) is 12.2. The molecule has 0 radical (unpaired) electrons. The zero-order valence-corrected chi connectivity index (χ0v) is 26.8. The normalized spacial score (nSPS) is 11.1. The van der Waals surface area contributed by atoms with Gasteiger partial charge in [-0.3, -0.25) is 9.97 Å². The molecule has 4 nitrogen and oxygen atoms in total. The molecule has 0 spiro atoms. The molecule has 0 bridgehead atoms. The molecule has 0 saturated heterocycles. The van der Waals surface area contributed by atoms with Gasteiger partial charge in [-0.15, -0.1) is 0 Å². The predicted molar refractivity (Wildman–Crippen MR) is 197 cm³/mol. The molecule has 8 aromatic rings. The van der Waals surface area contributed by atoms with Crippen LogP contribution >= 0.6 is 0 Å². The number of fused-ring (bicyclic) bond motifs is 1. The van der Waals surface area contributed by atoms with Gasteiger partial charge in [0.05, 0.1) is 22.4 Å². The molecule has 48 heavy (non-hydrogen) atoms. The highest BCUT2D eigenvalue weighted by atomic mass is 14.8. The molecule has 0 N–H and O–H groups in total. The van der Waals surface area contributed by atoms with Crippen LogP contribution in [0.5, 0.6) is 0 Å². The van der Waals surface area contributed by atoms with Crippen LogP contribution in [0.25, 0.3) is 78.1 Å². The van der Waals surface area contributed by atoms with Crippen LogP contribution < -0.4 is 0 Å². The molecule has 3 heterocycles. The van der Waals surface area contributed by atoms with E-state index >= 15 is 0 Å². The van der Waals surface area contributed by atoms with E-state index in [-0.39, 0.29) is 0 Å². The van der Waals surface area contributed by atoms with Gasteiger partial charge < -0.3 is 0 Å². The lowest BCUT2D eigenvalue weighted by Gasteiger charge is -2.16. The maximum absolute atomic E-state index is 5.37. The first-order valence-electron chi connectivity index (χ1n) is 16.1. The zero-order chi connectivity index (χ0) is 32.5. The predicted octanol–water partition coefficient (Wildman–Crippen LogP) is 11.0. The van der Waals surface area contributed by atoms with E-state index < -0.39 is 0 Å². The molecule has 0 fully saturated rings. The summed E-state index contributed by atoms with van der Waals surface area (Å²) < 4.78 is 0. The van der Waals surface area contributed by atoms with Crippen molar-refractivity contribution >= 4 is 11.0 Å².